The maximum atomic E-state index is 10.3. The lowest BCUT2D eigenvalue weighted by Crippen LogP contribution is -2.03. The molecule has 1 unspecified atom stereocenters. The summed E-state index contributed by atoms with van der Waals surface area (Å²) in [5, 5.41) is 14.6. The Balaban J connectivity index is 2.16. The fraction of sp³-hybridized carbons (Fsp3) is 0.400. The van der Waals surface area contributed by atoms with E-state index in [9.17, 15) is 5.11 Å². The minimum absolute atomic E-state index is 0.291. The monoisotopic (exact) mass is 338 g/mol. The van der Waals surface area contributed by atoms with Crippen molar-refractivity contribution >= 4 is 15.9 Å². The SMILES string of the molecule is COc1ccc(Br)c(CC(O)c2cnn(C(C)C)c2)c1. The van der Waals surface area contributed by atoms with Crippen molar-refractivity contribution in [3.8, 4) is 5.75 Å². The maximum absolute atomic E-state index is 10.3. The summed E-state index contributed by atoms with van der Waals surface area (Å²) >= 11 is 3.50. The number of aliphatic hydroxyl groups excluding tert-OH is 1. The van der Waals surface area contributed by atoms with E-state index in [1.807, 2.05) is 29.1 Å². The Morgan fingerprint density at radius 1 is 1.40 bits per heavy atom. The molecular weight excluding hydrogens is 320 g/mol. The van der Waals surface area contributed by atoms with Gasteiger partial charge in [-0.05, 0) is 37.6 Å². The Morgan fingerprint density at radius 2 is 2.15 bits per heavy atom. The van der Waals surface area contributed by atoms with Gasteiger partial charge in [-0.15, -0.1) is 0 Å². The van der Waals surface area contributed by atoms with Crippen LogP contribution < -0.4 is 4.74 Å². The molecule has 0 aliphatic carbocycles. The topological polar surface area (TPSA) is 47.3 Å². The molecule has 0 fully saturated rings. The molecular formula is C15H19BrN2O2. The number of ether oxygens (including phenoxy) is 1. The second-order valence-corrected chi connectivity index (χ2v) is 5.88. The van der Waals surface area contributed by atoms with Crippen molar-refractivity contribution in [2.24, 2.45) is 0 Å². The zero-order chi connectivity index (χ0) is 14.7. The molecule has 4 nitrogen and oxygen atoms in total. The van der Waals surface area contributed by atoms with Crippen molar-refractivity contribution in [3.63, 3.8) is 0 Å². The van der Waals surface area contributed by atoms with E-state index < -0.39 is 6.10 Å². The number of aliphatic hydroxyl groups is 1. The standard InChI is InChI=1S/C15H19BrN2O2/c1-10(2)18-9-12(8-17-18)15(19)7-11-6-13(20-3)4-5-14(11)16/h4-6,8-10,15,19H,7H2,1-3H3. The van der Waals surface area contributed by atoms with Crippen molar-refractivity contribution in [2.75, 3.05) is 7.11 Å². The molecule has 2 rings (SSSR count). The lowest BCUT2D eigenvalue weighted by Gasteiger charge is -2.12. The Bertz CT molecular complexity index is 581. The number of methoxy groups -OCH3 is 1. The van der Waals surface area contributed by atoms with Gasteiger partial charge < -0.3 is 9.84 Å². The molecule has 0 spiro atoms. The maximum Gasteiger partial charge on any atom is 0.119 e. The smallest absolute Gasteiger partial charge is 0.119 e. The van der Waals surface area contributed by atoms with Crippen molar-refractivity contribution in [3.05, 3.63) is 46.2 Å². The number of halogens is 1. The normalized spacial score (nSPS) is 12.7. The minimum Gasteiger partial charge on any atom is -0.497 e. The third-order valence-corrected chi connectivity index (χ3v) is 3.98. The first kappa shape index (κ1) is 15.1. The van der Waals surface area contributed by atoms with E-state index >= 15 is 0 Å². The first-order valence-electron chi connectivity index (χ1n) is 6.55. The van der Waals surface area contributed by atoms with E-state index in [1.54, 1.807) is 13.3 Å². The average molecular weight is 339 g/mol. The first-order chi connectivity index (χ1) is 9.51. The Morgan fingerprint density at radius 3 is 2.75 bits per heavy atom. The quantitative estimate of drug-likeness (QED) is 0.907. The van der Waals surface area contributed by atoms with E-state index in [-0.39, 0.29) is 0 Å². The molecule has 1 aromatic heterocycles. The Hall–Kier alpha value is -1.33. The molecule has 0 bridgehead atoms. The lowest BCUT2D eigenvalue weighted by atomic mass is 10.0. The summed E-state index contributed by atoms with van der Waals surface area (Å²) < 4.78 is 8.03. The predicted molar refractivity (Wildman–Crippen MR) is 82.0 cm³/mol. The average Bonchev–Trinajstić information content (AvgIpc) is 2.91. The Kier molecular flexibility index (Phi) is 4.83. The van der Waals surface area contributed by atoms with Crippen LogP contribution in [0.15, 0.2) is 35.1 Å². The molecule has 108 valence electrons. The summed E-state index contributed by atoms with van der Waals surface area (Å²) in [5.74, 6) is 0.785. The molecule has 0 aliphatic rings. The van der Waals surface area contributed by atoms with E-state index in [1.165, 1.54) is 0 Å². The molecule has 0 radical (unpaired) electrons. The van der Waals surface area contributed by atoms with E-state index in [0.717, 1.165) is 21.3 Å². The number of hydrogen-bond donors (Lipinski definition) is 1. The third-order valence-electron chi connectivity index (χ3n) is 3.20. The Labute approximate surface area is 127 Å². The van der Waals surface area contributed by atoms with Crippen molar-refractivity contribution < 1.29 is 9.84 Å². The summed E-state index contributed by atoms with van der Waals surface area (Å²) in [6, 6.07) is 6.04. The first-order valence-corrected chi connectivity index (χ1v) is 7.35. The van der Waals surface area contributed by atoms with Crippen molar-refractivity contribution in [2.45, 2.75) is 32.4 Å². The number of nitrogens with zero attached hydrogens (tertiary/aromatic N) is 2. The number of aromatic nitrogens is 2. The number of hydrogen-bond acceptors (Lipinski definition) is 3. The van der Waals surface area contributed by atoms with Crippen LogP contribution in [0.5, 0.6) is 5.75 Å². The molecule has 20 heavy (non-hydrogen) atoms. The highest BCUT2D eigenvalue weighted by atomic mass is 79.9. The van der Waals surface area contributed by atoms with Gasteiger partial charge in [-0.1, -0.05) is 15.9 Å². The zero-order valence-corrected chi connectivity index (χ0v) is 13.5. The highest BCUT2D eigenvalue weighted by Crippen LogP contribution is 2.27. The van der Waals surface area contributed by atoms with E-state index in [2.05, 4.69) is 34.9 Å². The van der Waals surface area contributed by atoms with Gasteiger partial charge in [0.05, 0.1) is 19.4 Å². The fourth-order valence-corrected chi connectivity index (χ4v) is 2.38. The summed E-state index contributed by atoms with van der Waals surface area (Å²) in [4.78, 5) is 0. The largest absolute Gasteiger partial charge is 0.497 e. The second-order valence-electron chi connectivity index (χ2n) is 5.02. The number of benzene rings is 1. The molecule has 0 saturated heterocycles. The molecule has 5 heteroatoms. The molecule has 0 aliphatic heterocycles. The van der Waals surface area contributed by atoms with Gasteiger partial charge in [-0.3, -0.25) is 4.68 Å². The molecule has 0 saturated carbocycles. The van der Waals surface area contributed by atoms with Crippen molar-refractivity contribution in [1.82, 2.24) is 9.78 Å². The van der Waals surface area contributed by atoms with Gasteiger partial charge in [0.1, 0.15) is 5.75 Å². The van der Waals surface area contributed by atoms with Crippen molar-refractivity contribution in [1.29, 1.82) is 0 Å². The van der Waals surface area contributed by atoms with Gasteiger partial charge in [0.25, 0.3) is 0 Å². The molecule has 0 amide bonds. The molecule has 1 atom stereocenters. The number of rotatable bonds is 5. The second kappa shape index (κ2) is 6.41. The van der Waals surface area contributed by atoms with Gasteiger partial charge >= 0.3 is 0 Å². The van der Waals surface area contributed by atoms with Gasteiger partial charge in [-0.25, -0.2) is 0 Å². The minimum atomic E-state index is -0.578. The van der Waals surface area contributed by atoms with Gasteiger partial charge in [0.2, 0.25) is 0 Å². The van der Waals surface area contributed by atoms with Crippen LogP contribution >= 0.6 is 15.9 Å². The fourth-order valence-electron chi connectivity index (χ4n) is 1.97. The van der Waals surface area contributed by atoms with Crippen LogP contribution in [0.3, 0.4) is 0 Å². The summed E-state index contributed by atoms with van der Waals surface area (Å²) in [7, 11) is 1.64. The third kappa shape index (κ3) is 3.41. The molecule has 1 N–H and O–H groups in total. The molecule has 2 aromatic rings. The van der Waals surface area contributed by atoms with Crippen LogP contribution in [0.1, 0.15) is 37.1 Å². The predicted octanol–water partition coefficient (Wildman–Crippen LogP) is 3.51. The summed E-state index contributed by atoms with van der Waals surface area (Å²) in [6.07, 6.45) is 3.55. The van der Waals surface area contributed by atoms with Gasteiger partial charge in [0, 0.05) is 28.7 Å². The van der Waals surface area contributed by atoms with Crippen LogP contribution in [-0.4, -0.2) is 22.0 Å². The van der Waals surface area contributed by atoms with Crippen LogP contribution in [0.2, 0.25) is 0 Å². The lowest BCUT2D eigenvalue weighted by molar-refractivity contribution is 0.178. The van der Waals surface area contributed by atoms with Gasteiger partial charge in [-0.2, -0.15) is 5.10 Å². The van der Waals surface area contributed by atoms with Crippen LogP contribution in [0.25, 0.3) is 0 Å². The van der Waals surface area contributed by atoms with Gasteiger partial charge in [0.15, 0.2) is 0 Å². The molecule has 1 aromatic carbocycles. The molecule has 1 heterocycles. The van der Waals surface area contributed by atoms with Crippen LogP contribution in [0.4, 0.5) is 0 Å². The highest BCUT2D eigenvalue weighted by Gasteiger charge is 2.14. The van der Waals surface area contributed by atoms with Crippen LogP contribution in [0, 0.1) is 0 Å². The van der Waals surface area contributed by atoms with E-state index in [0.29, 0.717) is 12.5 Å². The van der Waals surface area contributed by atoms with Crippen LogP contribution in [-0.2, 0) is 6.42 Å². The summed E-state index contributed by atoms with van der Waals surface area (Å²) in [5.41, 5.74) is 1.84. The summed E-state index contributed by atoms with van der Waals surface area (Å²) in [6.45, 7) is 4.11. The highest BCUT2D eigenvalue weighted by molar-refractivity contribution is 9.10. The zero-order valence-electron chi connectivity index (χ0n) is 11.9. The van der Waals surface area contributed by atoms with E-state index in [4.69, 9.17) is 4.74 Å².